The van der Waals surface area contributed by atoms with E-state index in [4.69, 9.17) is 0 Å². The lowest BCUT2D eigenvalue weighted by atomic mass is 9.78. The van der Waals surface area contributed by atoms with Gasteiger partial charge in [0, 0.05) is 47.7 Å². The number of hydrogen-bond donors (Lipinski definition) is 3. The first-order valence-corrected chi connectivity index (χ1v) is 12.6. The van der Waals surface area contributed by atoms with Gasteiger partial charge in [-0.1, -0.05) is 13.8 Å². The molecule has 1 fully saturated rings. The molecule has 37 heavy (non-hydrogen) atoms. The molecule has 2 aromatic heterocycles. The lowest BCUT2D eigenvalue weighted by Crippen LogP contribution is -2.31. The van der Waals surface area contributed by atoms with Gasteiger partial charge in [0.1, 0.15) is 11.6 Å². The molecule has 194 valence electrons. The summed E-state index contributed by atoms with van der Waals surface area (Å²) in [4.78, 5) is 20.0. The number of aromatic amines is 1. The molecule has 1 saturated carbocycles. The first-order valence-electron chi connectivity index (χ1n) is 12.6. The van der Waals surface area contributed by atoms with Crippen LogP contribution >= 0.6 is 0 Å². The molecule has 3 N–H and O–H groups in total. The van der Waals surface area contributed by atoms with Gasteiger partial charge < -0.3 is 15.4 Å². The summed E-state index contributed by atoms with van der Waals surface area (Å²) in [6, 6.07) is 8.20. The predicted octanol–water partition coefficient (Wildman–Crippen LogP) is 7.08. The Morgan fingerprint density at radius 2 is 1.73 bits per heavy atom. The van der Waals surface area contributed by atoms with E-state index in [0.717, 1.165) is 48.2 Å². The first kappa shape index (κ1) is 26.3. The number of carbonyl (C=O) groups is 1. The second kappa shape index (κ2) is 11.5. The minimum Gasteiger partial charge on any atom is -0.507 e. The summed E-state index contributed by atoms with van der Waals surface area (Å²) in [5, 5.41) is 13.8. The Hall–Kier alpha value is -3.81. The lowest BCUT2D eigenvalue weighted by molar-refractivity contribution is 0.0943. The third kappa shape index (κ3) is 5.63. The molecule has 2 aromatic carbocycles. The van der Waals surface area contributed by atoms with Crippen LogP contribution in [0, 0.1) is 23.4 Å². The van der Waals surface area contributed by atoms with E-state index in [0.29, 0.717) is 30.0 Å². The molecule has 0 atom stereocenters. The SMILES string of the molecule is CC.O=C(NCC1CCC(c2ccnc3ccc(F)cc23)CC1)c1c[nH]cc1-c1cc(F)c(F)cc1O. The molecule has 0 unspecified atom stereocenters. The molecule has 1 amide bonds. The Labute approximate surface area is 213 Å². The van der Waals surface area contributed by atoms with Crippen molar-refractivity contribution in [2.24, 2.45) is 5.92 Å². The van der Waals surface area contributed by atoms with Crippen LogP contribution in [0.15, 0.2) is 55.0 Å². The Morgan fingerprint density at radius 3 is 2.49 bits per heavy atom. The van der Waals surface area contributed by atoms with Crippen LogP contribution in [0.2, 0.25) is 0 Å². The number of hydrogen-bond acceptors (Lipinski definition) is 3. The molecule has 1 aliphatic rings. The van der Waals surface area contributed by atoms with E-state index in [1.807, 2.05) is 19.9 Å². The molecule has 1 aliphatic carbocycles. The van der Waals surface area contributed by atoms with Gasteiger partial charge in [0.2, 0.25) is 0 Å². The van der Waals surface area contributed by atoms with Gasteiger partial charge in [-0.25, -0.2) is 13.2 Å². The number of phenols is 1. The second-order valence-corrected chi connectivity index (χ2v) is 9.06. The van der Waals surface area contributed by atoms with E-state index >= 15 is 0 Å². The monoisotopic (exact) mass is 509 g/mol. The van der Waals surface area contributed by atoms with Gasteiger partial charge in [-0.15, -0.1) is 0 Å². The summed E-state index contributed by atoms with van der Waals surface area (Å²) >= 11 is 0. The van der Waals surface area contributed by atoms with Crippen molar-refractivity contribution in [2.75, 3.05) is 6.54 Å². The van der Waals surface area contributed by atoms with Crippen molar-refractivity contribution in [3.63, 3.8) is 0 Å². The number of halogens is 3. The van der Waals surface area contributed by atoms with Crippen LogP contribution in [0.1, 0.15) is 61.4 Å². The highest BCUT2D eigenvalue weighted by Gasteiger charge is 2.25. The minimum absolute atomic E-state index is 0.0387. The zero-order valence-corrected chi connectivity index (χ0v) is 20.8. The van der Waals surface area contributed by atoms with Gasteiger partial charge in [-0.05, 0) is 73.4 Å². The van der Waals surface area contributed by atoms with Crippen molar-refractivity contribution in [2.45, 2.75) is 45.4 Å². The Bertz CT molecular complexity index is 1390. The topological polar surface area (TPSA) is 78.0 Å². The molecule has 0 aliphatic heterocycles. The fourth-order valence-corrected chi connectivity index (χ4v) is 5.03. The van der Waals surface area contributed by atoms with E-state index in [1.165, 1.54) is 18.5 Å². The van der Waals surface area contributed by atoms with E-state index in [-0.39, 0.29) is 22.9 Å². The number of fused-ring (bicyclic) bond motifs is 1. The number of benzene rings is 2. The van der Waals surface area contributed by atoms with Gasteiger partial charge >= 0.3 is 0 Å². The highest BCUT2D eigenvalue weighted by molar-refractivity contribution is 6.01. The molecular formula is C29H30F3N3O2. The number of pyridine rings is 1. The maximum atomic E-state index is 13.8. The van der Waals surface area contributed by atoms with Crippen molar-refractivity contribution >= 4 is 16.8 Å². The number of aromatic hydroxyl groups is 1. The zero-order chi connectivity index (χ0) is 26.5. The standard InChI is InChI=1S/C27H24F3N3O2.C2H6/c28-17-5-6-25-19(9-17)18(7-8-32-25)16-3-1-15(2-4-16)12-33-27(35)22-14-31-13-21(22)20-10-23(29)24(30)11-26(20)34;1-2/h5-11,13-16,31,34H,1-4,12H2,(H,33,35);1-2H3. The van der Waals surface area contributed by atoms with Crippen molar-refractivity contribution in [1.29, 1.82) is 0 Å². The van der Waals surface area contributed by atoms with Crippen molar-refractivity contribution < 1.29 is 23.1 Å². The maximum absolute atomic E-state index is 13.8. The minimum atomic E-state index is -1.16. The normalized spacial score (nSPS) is 17.2. The first-order chi connectivity index (χ1) is 17.9. The smallest absolute Gasteiger partial charge is 0.253 e. The molecule has 8 heteroatoms. The molecule has 0 spiro atoms. The van der Waals surface area contributed by atoms with Crippen LogP contribution in [-0.4, -0.2) is 27.5 Å². The van der Waals surface area contributed by atoms with Crippen LogP contribution < -0.4 is 5.32 Å². The van der Waals surface area contributed by atoms with E-state index in [9.17, 15) is 23.1 Å². The molecule has 0 radical (unpaired) electrons. The number of nitrogens with one attached hydrogen (secondary N) is 2. The quantitative estimate of drug-likeness (QED) is 0.269. The predicted molar refractivity (Wildman–Crippen MR) is 138 cm³/mol. The third-order valence-corrected chi connectivity index (χ3v) is 6.89. The Balaban J connectivity index is 0.00000156. The van der Waals surface area contributed by atoms with Crippen molar-refractivity contribution in [3.05, 3.63) is 83.6 Å². The fourth-order valence-electron chi connectivity index (χ4n) is 5.03. The summed E-state index contributed by atoms with van der Waals surface area (Å²) in [5.41, 5.74) is 2.47. The average molecular weight is 510 g/mol. The molecule has 4 aromatic rings. The molecule has 0 saturated heterocycles. The summed E-state index contributed by atoms with van der Waals surface area (Å²) in [6.45, 7) is 4.48. The van der Waals surface area contributed by atoms with Crippen LogP contribution in [0.25, 0.3) is 22.0 Å². The highest BCUT2D eigenvalue weighted by atomic mass is 19.2. The van der Waals surface area contributed by atoms with Crippen LogP contribution in [0.4, 0.5) is 13.2 Å². The van der Waals surface area contributed by atoms with E-state index < -0.39 is 17.4 Å². The lowest BCUT2D eigenvalue weighted by Gasteiger charge is -2.29. The summed E-state index contributed by atoms with van der Waals surface area (Å²) in [7, 11) is 0. The number of carbonyl (C=O) groups excluding carboxylic acids is 1. The summed E-state index contributed by atoms with van der Waals surface area (Å²) < 4.78 is 40.9. The summed E-state index contributed by atoms with van der Waals surface area (Å²) in [5.74, 6) is -2.74. The molecular weight excluding hydrogens is 479 g/mol. The van der Waals surface area contributed by atoms with Gasteiger partial charge in [-0.2, -0.15) is 0 Å². The Kier molecular flexibility index (Phi) is 8.16. The number of aromatic nitrogens is 2. The number of amides is 1. The van der Waals surface area contributed by atoms with Gasteiger partial charge in [-0.3, -0.25) is 9.78 Å². The van der Waals surface area contributed by atoms with Gasteiger partial charge in [0.25, 0.3) is 5.91 Å². The maximum Gasteiger partial charge on any atom is 0.253 e. The number of H-pyrrole nitrogens is 1. The van der Waals surface area contributed by atoms with Crippen LogP contribution in [0.3, 0.4) is 0 Å². The largest absolute Gasteiger partial charge is 0.507 e. The second-order valence-electron chi connectivity index (χ2n) is 9.06. The zero-order valence-electron chi connectivity index (χ0n) is 20.8. The Morgan fingerprint density at radius 1 is 1.00 bits per heavy atom. The van der Waals surface area contributed by atoms with E-state index in [1.54, 1.807) is 18.3 Å². The number of phenolic OH excluding ortho intramolecular Hbond substituents is 1. The molecule has 2 heterocycles. The number of rotatable bonds is 5. The van der Waals surface area contributed by atoms with Crippen molar-refractivity contribution in [3.8, 4) is 16.9 Å². The van der Waals surface area contributed by atoms with Gasteiger partial charge in [0.05, 0.1) is 11.1 Å². The molecule has 5 rings (SSSR count). The average Bonchev–Trinajstić information content (AvgIpc) is 3.40. The summed E-state index contributed by atoms with van der Waals surface area (Å²) in [6.07, 6.45) is 8.37. The molecule has 5 nitrogen and oxygen atoms in total. The molecule has 0 bridgehead atoms. The van der Waals surface area contributed by atoms with E-state index in [2.05, 4.69) is 15.3 Å². The van der Waals surface area contributed by atoms with Crippen molar-refractivity contribution in [1.82, 2.24) is 15.3 Å². The third-order valence-electron chi connectivity index (χ3n) is 6.89. The number of nitrogens with zero attached hydrogens (tertiary/aromatic N) is 1. The highest BCUT2D eigenvalue weighted by Crippen LogP contribution is 2.38. The van der Waals surface area contributed by atoms with Crippen LogP contribution in [-0.2, 0) is 0 Å². The van der Waals surface area contributed by atoms with Gasteiger partial charge in [0.15, 0.2) is 11.6 Å². The fraction of sp³-hybridized carbons (Fsp3) is 0.310. The van der Waals surface area contributed by atoms with Crippen LogP contribution in [0.5, 0.6) is 5.75 Å².